The topological polar surface area (TPSA) is 76.7 Å². The molecule has 0 radical (unpaired) electrons. The molecule has 3 rings (SSSR count). The molecule has 0 saturated carbocycles. The Hall–Kier alpha value is -3.80. The van der Waals surface area contributed by atoms with E-state index in [4.69, 9.17) is 9.47 Å². The van der Waals surface area contributed by atoms with E-state index in [1.54, 1.807) is 0 Å². The minimum Gasteiger partial charge on any atom is -0.483 e. The van der Waals surface area contributed by atoms with Crippen molar-refractivity contribution in [2.24, 2.45) is 0 Å². The van der Waals surface area contributed by atoms with Gasteiger partial charge in [-0.1, -0.05) is 67.6 Å². The quantitative estimate of drug-likeness (QED) is 0.519. The van der Waals surface area contributed by atoms with Gasteiger partial charge in [0.15, 0.2) is 12.7 Å². The number of nitrogens with one attached hydrogen (secondary N) is 2. The Morgan fingerprint density at radius 1 is 0.812 bits per heavy atom. The van der Waals surface area contributed by atoms with Crippen molar-refractivity contribution >= 4 is 11.8 Å². The van der Waals surface area contributed by atoms with Gasteiger partial charge in [-0.3, -0.25) is 20.4 Å². The molecule has 3 aromatic rings. The maximum absolute atomic E-state index is 12.5. The van der Waals surface area contributed by atoms with E-state index >= 15 is 0 Å². The summed E-state index contributed by atoms with van der Waals surface area (Å²) in [4.78, 5) is 24.6. The average Bonchev–Trinajstić information content (AvgIpc) is 2.81. The Kier molecular flexibility index (Phi) is 7.86. The lowest BCUT2D eigenvalue weighted by Gasteiger charge is -2.18. The molecule has 3 aromatic carbocycles. The number of aryl methyl sites for hydroxylation is 2. The molecule has 166 valence electrons. The van der Waals surface area contributed by atoms with Gasteiger partial charge in [0.2, 0.25) is 0 Å². The SMILES string of the molecule is CCC(Oc1ccc(-c2ccccc2)cc1)C(=O)NNC(=O)COc1c(C)cccc1C. The van der Waals surface area contributed by atoms with Crippen LogP contribution in [-0.2, 0) is 9.59 Å². The summed E-state index contributed by atoms with van der Waals surface area (Å²) in [7, 11) is 0. The number of hydrogen-bond acceptors (Lipinski definition) is 4. The highest BCUT2D eigenvalue weighted by Gasteiger charge is 2.19. The highest BCUT2D eigenvalue weighted by atomic mass is 16.5. The van der Waals surface area contributed by atoms with Crippen molar-refractivity contribution in [1.82, 2.24) is 10.9 Å². The van der Waals surface area contributed by atoms with Crippen molar-refractivity contribution in [3.05, 3.63) is 83.9 Å². The van der Waals surface area contributed by atoms with Crippen molar-refractivity contribution in [2.45, 2.75) is 33.3 Å². The van der Waals surface area contributed by atoms with Crippen LogP contribution >= 0.6 is 0 Å². The highest BCUT2D eigenvalue weighted by molar-refractivity contribution is 5.85. The first-order valence-electron chi connectivity index (χ1n) is 10.6. The zero-order valence-corrected chi connectivity index (χ0v) is 18.6. The number of para-hydroxylation sites is 1. The van der Waals surface area contributed by atoms with Crippen LogP contribution in [0.2, 0.25) is 0 Å². The number of benzene rings is 3. The van der Waals surface area contributed by atoms with E-state index in [1.165, 1.54) is 0 Å². The van der Waals surface area contributed by atoms with Gasteiger partial charge in [-0.15, -0.1) is 0 Å². The molecular weight excluding hydrogens is 404 g/mol. The summed E-state index contributed by atoms with van der Waals surface area (Å²) in [5, 5.41) is 0. The minimum atomic E-state index is -0.739. The number of carbonyl (C=O) groups is 2. The molecule has 2 amide bonds. The summed E-state index contributed by atoms with van der Waals surface area (Å²) in [6, 6.07) is 23.3. The van der Waals surface area contributed by atoms with Crippen molar-refractivity contribution in [3.63, 3.8) is 0 Å². The maximum Gasteiger partial charge on any atom is 0.279 e. The van der Waals surface area contributed by atoms with Crippen LogP contribution in [-0.4, -0.2) is 24.5 Å². The van der Waals surface area contributed by atoms with Gasteiger partial charge in [0.05, 0.1) is 0 Å². The Balaban J connectivity index is 1.49. The van der Waals surface area contributed by atoms with E-state index in [9.17, 15) is 9.59 Å². The van der Waals surface area contributed by atoms with Crippen LogP contribution in [0.4, 0.5) is 0 Å². The minimum absolute atomic E-state index is 0.204. The molecule has 0 spiro atoms. The molecule has 0 aliphatic rings. The Bertz CT molecular complexity index is 1030. The van der Waals surface area contributed by atoms with Crippen LogP contribution in [0.25, 0.3) is 11.1 Å². The first-order chi connectivity index (χ1) is 15.5. The number of ether oxygens (including phenoxy) is 2. The van der Waals surface area contributed by atoms with Gasteiger partial charge in [0.1, 0.15) is 11.5 Å². The molecule has 0 fully saturated rings. The standard InChI is InChI=1S/C26H28N2O4/c1-4-23(32-22-15-13-21(14-16-22)20-11-6-5-7-12-20)26(30)28-27-24(29)17-31-25-18(2)9-8-10-19(25)3/h5-16,23H,4,17H2,1-3H3,(H,27,29)(H,28,30). The second kappa shape index (κ2) is 11.0. The third-order valence-corrected chi connectivity index (χ3v) is 4.98. The first kappa shape index (κ1) is 22.9. The van der Waals surface area contributed by atoms with Crippen LogP contribution in [0.5, 0.6) is 11.5 Å². The molecule has 6 heteroatoms. The van der Waals surface area contributed by atoms with Gasteiger partial charge in [-0.05, 0) is 54.7 Å². The summed E-state index contributed by atoms with van der Waals surface area (Å²) in [5.41, 5.74) is 8.85. The lowest BCUT2D eigenvalue weighted by Crippen LogP contribution is -2.49. The van der Waals surface area contributed by atoms with Gasteiger partial charge in [-0.25, -0.2) is 0 Å². The molecule has 0 aliphatic carbocycles. The summed E-state index contributed by atoms with van der Waals surface area (Å²) in [6.07, 6.45) is -0.293. The number of amides is 2. The van der Waals surface area contributed by atoms with E-state index in [2.05, 4.69) is 10.9 Å². The fourth-order valence-corrected chi connectivity index (χ4v) is 3.26. The number of hydrazine groups is 1. The van der Waals surface area contributed by atoms with E-state index in [1.807, 2.05) is 93.6 Å². The largest absolute Gasteiger partial charge is 0.483 e. The predicted octanol–water partition coefficient (Wildman–Crippen LogP) is 4.35. The molecule has 0 bridgehead atoms. The summed E-state index contributed by atoms with van der Waals surface area (Å²) < 4.78 is 11.4. The van der Waals surface area contributed by atoms with Gasteiger partial charge >= 0.3 is 0 Å². The third kappa shape index (κ3) is 6.11. The molecular formula is C26H28N2O4. The molecule has 6 nitrogen and oxygen atoms in total. The van der Waals surface area contributed by atoms with Crippen LogP contribution in [0, 0.1) is 13.8 Å². The second-order valence-corrected chi connectivity index (χ2v) is 7.45. The zero-order chi connectivity index (χ0) is 22.9. The van der Waals surface area contributed by atoms with Gasteiger partial charge in [0, 0.05) is 0 Å². The predicted molar refractivity (Wildman–Crippen MR) is 124 cm³/mol. The van der Waals surface area contributed by atoms with Crippen LogP contribution in [0.1, 0.15) is 24.5 Å². The lowest BCUT2D eigenvalue weighted by molar-refractivity contribution is -0.134. The smallest absolute Gasteiger partial charge is 0.279 e. The molecule has 2 N–H and O–H groups in total. The van der Waals surface area contributed by atoms with Crippen LogP contribution in [0.3, 0.4) is 0 Å². The van der Waals surface area contributed by atoms with Crippen molar-refractivity contribution in [2.75, 3.05) is 6.61 Å². The molecule has 32 heavy (non-hydrogen) atoms. The number of hydrogen-bond donors (Lipinski definition) is 2. The fraction of sp³-hybridized carbons (Fsp3) is 0.231. The fourth-order valence-electron chi connectivity index (χ4n) is 3.26. The van der Waals surface area contributed by atoms with E-state index in [0.717, 1.165) is 22.3 Å². The summed E-state index contributed by atoms with van der Waals surface area (Å²) in [5.74, 6) is 0.363. The molecule has 0 heterocycles. The Morgan fingerprint density at radius 2 is 1.44 bits per heavy atom. The maximum atomic E-state index is 12.5. The molecule has 0 saturated heterocycles. The molecule has 0 aromatic heterocycles. The third-order valence-electron chi connectivity index (χ3n) is 4.98. The highest BCUT2D eigenvalue weighted by Crippen LogP contribution is 2.23. The van der Waals surface area contributed by atoms with Crippen molar-refractivity contribution < 1.29 is 19.1 Å². The number of carbonyl (C=O) groups excluding carboxylic acids is 2. The van der Waals surface area contributed by atoms with Crippen LogP contribution < -0.4 is 20.3 Å². The normalized spacial score (nSPS) is 11.3. The summed E-state index contributed by atoms with van der Waals surface area (Å²) in [6.45, 7) is 5.47. The Morgan fingerprint density at radius 3 is 2.06 bits per heavy atom. The van der Waals surface area contributed by atoms with Crippen molar-refractivity contribution in [1.29, 1.82) is 0 Å². The molecule has 1 unspecified atom stereocenters. The average molecular weight is 433 g/mol. The zero-order valence-electron chi connectivity index (χ0n) is 18.6. The molecule has 1 atom stereocenters. The van der Waals surface area contributed by atoms with Crippen molar-refractivity contribution in [3.8, 4) is 22.6 Å². The second-order valence-electron chi connectivity index (χ2n) is 7.45. The lowest BCUT2D eigenvalue weighted by atomic mass is 10.1. The van der Waals surface area contributed by atoms with E-state index in [-0.39, 0.29) is 6.61 Å². The summed E-state index contributed by atoms with van der Waals surface area (Å²) >= 11 is 0. The van der Waals surface area contributed by atoms with Crippen LogP contribution in [0.15, 0.2) is 72.8 Å². The van der Waals surface area contributed by atoms with Gasteiger partial charge in [-0.2, -0.15) is 0 Å². The van der Waals surface area contributed by atoms with Gasteiger partial charge < -0.3 is 9.47 Å². The Labute approximate surface area is 188 Å². The number of rotatable bonds is 8. The van der Waals surface area contributed by atoms with E-state index < -0.39 is 17.9 Å². The monoisotopic (exact) mass is 432 g/mol. The first-order valence-corrected chi connectivity index (χ1v) is 10.6. The molecule has 0 aliphatic heterocycles. The van der Waals surface area contributed by atoms with E-state index in [0.29, 0.717) is 17.9 Å². The van der Waals surface area contributed by atoms with Gasteiger partial charge in [0.25, 0.3) is 11.8 Å².